The lowest BCUT2D eigenvalue weighted by atomic mass is 9.95. The van der Waals surface area contributed by atoms with E-state index in [1.807, 2.05) is 30.0 Å². The standard InChI is InChI=1S/C22H26N2O2/c1-15(19-10-4-7-16-6-2-3-9-20(16)19)23-21(25)18-8-5-13-24(14-18)22(26)17-11-12-17/h2-4,6-7,9-10,15,17-18H,5,8,11-14H2,1H3,(H,23,25). The summed E-state index contributed by atoms with van der Waals surface area (Å²) < 4.78 is 0. The van der Waals surface area contributed by atoms with Crippen molar-refractivity contribution < 1.29 is 9.59 Å². The molecular weight excluding hydrogens is 324 g/mol. The highest BCUT2D eigenvalue weighted by atomic mass is 16.2. The number of amides is 2. The maximum Gasteiger partial charge on any atom is 0.225 e. The van der Waals surface area contributed by atoms with E-state index in [2.05, 4.69) is 29.6 Å². The van der Waals surface area contributed by atoms with E-state index in [0.29, 0.717) is 6.54 Å². The largest absolute Gasteiger partial charge is 0.349 e. The average molecular weight is 350 g/mol. The van der Waals surface area contributed by atoms with E-state index in [1.165, 1.54) is 10.8 Å². The molecule has 2 atom stereocenters. The van der Waals surface area contributed by atoms with Crippen LogP contribution in [-0.2, 0) is 9.59 Å². The zero-order valence-corrected chi connectivity index (χ0v) is 15.3. The number of benzene rings is 2. The minimum absolute atomic E-state index is 0.0527. The van der Waals surface area contributed by atoms with Crippen molar-refractivity contribution in [1.29, 1.82) is 0 Å². The van der Waals surface area contributed by atoms with Gasteiger partial charge in [0.25, 0.3) is 0 Å². The highest BCUT2D eigenvalue weighted by Crippen LogP contribution is 2.32. The van der Waals surface area contributed by atoms with Gasteiger partial charge < -0.3 is 10.2 Å². The summed E-state index contributed by atoms with van der Waals surface area (Å²) in [5.41, 5.74) is 1.14. The van der Waals surface area contributed by atoms with E-state index in [4.69, 9.17) is 0 Å². The van der Waals surface area contributed by atoms with Crippen LogP contribution in [0.1, 0.15) is 44.2 Å². The summed E-state index contributed by atoms with van der Waals surface area (Å²) in [4.78, 5) is 27.0. The van der Waals surface area contributed by atoms with Gasteiger partial charge >= 0.3 is 0 Å². The fraction of sp³-hybridized carbons (Fsp3) is 0.455. The molecule has 4 nitrogen and oxygen atoms in total. The number of fused-ring (bicyclic) bond motifs is 1. The molecule has 2 amide bonds. The van der Waals surface area contributed by atoms with Crippen LogP contribution in [0.25, 0.3) is 10.8 Å². The first kappa shape index (κ1) is 17.1. The first-order valence-corrected chi connectivity index (χ1v) is 9.70. The van der Waals surface area contributed by atoms with E-state index in [0.717, 1.165) is 37.8 Å². The monoisotopic (exact) mass is 350 g/mol. The van der Waals surface area contributed by atoms with Gasteiger partial charge in [0.05, 0.1) is 12.0 Å². The molecule has 26 heavy (non-hydrogen) atoms. The van der Waals surface area contributed by atoms with Gasteiger partial charge in [0, 0.05) is 19.0 Å². The number of carbonyl (C=O) groups excluding carboxylic acids is 2. The number of nitrogens with one attached hydrogen (secondary N) is 1. The summed E-state index contributed by atoms with van der Waals surface area (Å²) in [5, 5.41) is 5.55. The molecule has 136 valence electrons. The molecule has 0 bridgehead atoms. The van der Waals surface area contributed by atoms with Crippen molar-refractivity contribution >= 4 is 22.6 Å². The molecule has 0 aromatic heterocycles. The molecule has 2 aliphatic rings. The maximum absolute atomic E-state index is 12.8. The van der Waals surface area contributed by atoms with Crippen LogP contribution in [0.15, 0.2) is 42.5 Å². The number of piperidine rings is 1. The van der Waals surface area contributed by atoms with Gasteiger partial charge in [-0.2, -0.15) is 0 Å². The highest BCUT2D eigenvalue weighted by Gasteiger charge is 2.36. The van der Waals surface area contributed by atoms with Gasteiger partial charge in [-0.3, -0.25) is 9.59 Å². The van der Waals surface area contributed by atoms with Gasteiger partial charge in [-0.25, -0.2) is 0 Å². The molecule has 1 heterocycles. The Morgan fingerprint density at radius 3 is 2.62 bits per heavy atom. The number of carbonyl (C=O) groups is 2. The van der Waals surface area contributed by atoms with Crippen molar-refractivity contribution in [2.75, 3.05) is 13.1 Å². The molecule has 1 saturated heterocycles. The first-order chi connectivity index (χ1) is 12.6. The lowest BCUT2D eigenvalue weighted by Gasteiger charge is -2.33. The van der Waals surface area contributed by atoms with E-state index in [-0.39, 0.29) is 29.7 Å². The third-order valence-corrected chi connectivity index (χ3v) is 5.68. The van der Waals surface area contributed by atoms with Gasteiger partial charge in [0.15, 0.2) is 0 Å². The lowest BCUT2D eigenvalue weighted by Crippen LogP contribution is -2.46. The molecule has 4 rings (SSSR count). The Kier molecular flexibility index (Phi) is 4.66. The zero-order valence-electron chi connectivity index (χ0n) is 15.3. The molecule has 2 aromatic rings. The fourth-order valence-electron chi connectivity index (χ4n) is 4.02. The Morgan fingerprint density at radius 1 is 1.04 bits per heavy atom. The van der Waals surface area contributed by atoms with Crippen molar-refractivity contribution in [2.45, 2.75) is 38.6 Å². The molecular formula is C22H26N2O2. The van der Waals surface area contributed by atoms with Crippen molar-refractivity contribution in [3.8, 4) is 0 Å². The maximum atomic E-state index is 12.8. The van der Waals surface area contributed by atoms with E-state index in [9.17, 15) is 9.59 Å². The van der Waals surface area contributed by atoms with Crippen LogP contribution >= 0.6 is 0 Å². The summed E-state index contributed by atoms with van der Waals surface area (Å²) >= 11 is 0. The number of likely N-dealkylation sites (tertiary alicyclic amines) is 1. The number of hydrogen-bond donors (Lipinski definition) is 1. The molecule has 1 N–H and O–H groups in total. The molecule has 2 unspecified atom stereocenters. The van der Waals surface area contributed by atoms with E-state index >= 15 is 0 Å². The highest BCUT2D eigenvalue weighted by molar-refractivity contribution is 5.87. The second kappa shape index (κ2) is 7.10. The fourth-order valence-corrected chi connectivity index (χ4v) is 4.02. The summed E-state index contributed by atoms with van der Waals surface area (Å²) in [6.07, 6.45) is 3.82. The van der Waals surface area contributed by atoms with Crippen molar-refractivity contribution in [2.24, 2.45) is 11.8 Å². The topological polar surface area (TPSA) is 49.4 Å². The van der Waals surface area contributed by atoms with Crippen molar-refractivity contribution in [3.63, 3.8) is 0 Å². The molecule has 1 aliphatic heterocycles. The van der Waals surface area contributed by atoms with Crippen LogP contribution in [0.2, 0.25) is 0 Å². The minimum Gasteiger partial charge on any atom is -0.349 e. The van der Waals surface area contributed by atoms with Gasteiger partial charge in [0.2, 0.25) is 11.8 Å². The Morgan fingerprint density at radius 2 is 1.81 bits per heavy atom. The summed E-state index contributed by atoms with van der Waals surface area (Å²) in [6.45, 7) is 3.41. The lowest BCUT2D eigenvalue weighted by molar-refractivity contribution is -0.137. The van der Waals surface area contributed by atoms with Crippen molar-refractivity contribution in [1.82, 2.24) is 10.2 Å². The van der Waals surface area contributed by atoms with E-state index in [1.54, 1.807) is 0 Å². The van der Waals surface area contributed by atoms with Crippen LogP contribution in [0.3, 0.4) is 0 Å². The van der Waals surface area contributed by atoms with Crippen LogP contribution in [0.5, 0.6) is 0 Å². The van der Waals surface area contributed by atoms with Gasteiger partial charge in [-0.05, 0) is 48.9 Å². The third-order valence-electron chi connectivity index (χ3n) is 5.68. The Hall–Kier alpha value is -2.36. The summed E-state index contributed by atoms with van der Waals surface area (Å²) in [6, 6.07) is 14.4. The van der Waals surface area contributed by atoms with Crippen LogP contribution < -0.4 is 5.32 Å². The summed E-state index contributed by atoms with van der Waals surface area (Å²) in [7, 11) is 0. The Bertz CT molecular complexity index is 823. The molecule has 0 radical (unpaired) electrons. The average Bonchev–Trinajstić information content (AvgIpc) is 3.52. The Balaban J connectivity index is 1.44. The van der Waals surface area contributed by atoms with Gasteiger partial charge in [-0.15, -0.1) is 0 Å². The number of hydrogen-bond acceptors (Lipinski definition) is 2. The molecule has 2 fully saturated rings. The minimum atomic E-state index is -0.0936. The van der Waals surface area contributed by atoms with E-state index < -0.39 is 0 Å². The molecule has 4 heteroatoms. The second-order valence-electron chi connectivity index (χ2n) is 7.70. The number of nitrogens with zero attached hydrogens (tertiary/aromatic N) is 1. The zero-order chi connectivity index (χ0) is 18.1. The predicted molar refractivity (Wildman–Crippen MR) is 103 cm³/mol. The molecule has 1 saturated carbocycles. The smallest absolute Gasteiger partial charge is 0.225 e. The molecule has 2 aromatic carbocycles. The SMILES string of the molecule is CC(NC(=O)C1CCCN(C(=O)C2CC2)C1)c1cccc2ccccc12. The molecule has 1 aliphatic carbocycles. The molecule has 0 spiro atoms. The number of rotatable bonds is 4. The van der Waals surface area contributed by atoms with Crippen LogP contribution in [0, 0.1) is 11.8 Å². The van der Waals surface area contributed by atoms with Crippen molar-refractivity contribution in [3.05, 3.63) is 48.0 Å². The van der Waals surface area contributed by atoms with Gasteiger partial charge in [0.1, 0.15) is 0 Å². The normalized spacial score (nSPS) is 21.4. The van der Waals surface area contributed by atoms with Gasteiger partial charge in [-0.1, -0.05) is 42.5 Å². The summed E-state index contributed by atoms with van der Waals surface area (Å²) in [5.74, 6) is 0.457. The Labute approximate surface area is 154 Å². The van der Waals surface area contributed by atoms with Crippen LogP contribution in [-0.4, -0.2) is 29.8 Å². The third kappa shape index (κ3) is 3.46. The van der Waals surface area contributed by atoms with Crippen LogP contribution in [0.4, 0.5) is 0 Å². The first-order valence-electron chi connectivity index (χ1n) is 9.70. The predicted octanol–water partition coefficient (Wildman–Crippen LogP) is 3.67. The second-order valence-corrected chi connectivity index (χ2v) is 7.70. The quantitative estimate of drug-likeness (QED) is 0.915.